The maximum atomic E-state index is 10.9. The van der Waals surface area contributed by atoms with Crippen molar-refractivity contribution in [1.82, 2.24) is 14.5 Å². The minimum atomic E-state index is -0.445. The number of hydrogen-bond donors (Lipinski definition) is 1. The summed E-state index contributed by atoms with van der Waals surface area (Å²) in [5.41, 5.74) is 0.0220. The van der Waals surface area contributed by atoms with E-state index >= 15 is 0 Å². The van der Waals surface area contributed by atoms with E-state index in [1.165, 1.54) is 6.20 Å². The number of hydrogen-bond acceptors (Lipinski definition) is 5. The molecule has 3 atom stereocenters. The highest BCUT2D eigenvalue weighted by molar-refractivity contribution is 5.22. The minimum absolute atomic E-state index is 0.0220. The Balaban J connectivity index is 1.80. The topological polar surface area (TPSA) is 84.2 Å². The number of aliphatic hydroxyl groups excluding tert-OH is 1. The minimum Gasteiger partial charge on any atom is -0.395 e. The number of piperidine rings is 1. The number of β-amino-alcohol motifs (C(OH)–C–C–N with tert-alkyl or cyclic N) is 1. The Hall–Kier alpha value is -1.47. The van der Waals surface area contributed by atoms with Gasteiger partial charge in [0.2, 0.25) is 0 Å². The molecule has 0 spiro atoms. The fraction of sp³-hybridized carbons (Fsp3) is 0.727. The highest BCUT2D eigenvalue weighted by Crippen LogP contribution is 2.54. The van der Waals surface area contributed by atoms with Crippen LogP contribution in [0.2, 0.25) is 0 Å². The van der Waals surface area contributed by atoms with Crippen LogP contribution in [-0.4, -0.2) is 49.2 Å². The molecule has 1 saturated carbocycles. The molecule has 7 nitrogen and oxygen atoms in total. The van der Waals surface area contributed by atoms with Gasteiger partial charge in [-0.3, -0.25) is 4.90 Å². The zero-order valence-electron chi connectivity index (χ0n) is 10.0. The van der Waals surface area contributed by atoms with Gasteiger partial charge in [-0.1, -0.05) is 4.98 Å². The number of rotatable bonds is 5. The van der Waals surface area contributed by atoms with Gasteiger partial charge in [-0.25, -0.2) is 4.57 Å². The summed E-state index contributed by atoms with van der Waals surface area (Å²) in [6.07, 6.45) is 6.47. The summed E-state index contributed by atoms with van der Waals surface area (Å²) in [6.45, 7) is 1.41. The van der Waals surface area contributed by atoms with Crippen LogP contribution in [0, 0.1) is 10.1 Å². The number of likely N-dealkylation sites (tertiary alicyclic amines) is 1. The molecule has 1 aliphatic heterocycles. The van der Waals surface area contributed by atoms with Crippen LogP contribution in [0.1, 0.15) is 19.3 Å². The van der Waals surface area contributed by atoms with Crippen molar-refractivity contribution in [2.75, 3.05) is 13.2 Å². The number of aromatic nitrogens is 2. The summed E-state index contributed by atoms with van der Waals surface area (Å²) in [7, 11) is 0. The average Bonchev–Trinajstić information content (AvgIpc) is 2.77. The average molecular weight is 252 g/mol. The van der Waals surface area contributed by atoms with E-state index in [1.807, 2.05) is 0 Å². The lowest BCUT2D eigenvalue weighted by atomic mass is 10.1. The summed E-state index contributed by atoms with van der Waals surface area (Å²) in [4.78, 5) is 16.4. The van der Waals surface area contributed by atoms with Gasteiger partial charge in [-0.2, -0.15) is 0 Å². The molecular weight excluding hydrogens is 236 g/mol. The maximum absolute atomic E-state index is 10.9. The molecule has 0 bridgehead atoms. The molecule has 2 heterocycles. The molecule has 1 N–H and O–H groups in total. The second kappa shape index (κ2) is 4.03. The Labute approximate surface area is 104 Å². The zero-order chi connectivity index (χ0) is 12.8. The Kier molecular flexibility index (Phi) is 2.60. The molecule has 3 rings (SSSR count). The van der Waals surface area contributed by atoms with Crippen LogP contribution in [0.3, 0.4) is 0 Å². The van der Waals surface area contributed by atoms with Crippen molar-refractivity contribution >= 4 is 5.95 Å². The third-order valence-corrected chi connectivity index (χ3v) is 4.23. The third-order valence-electron chi connectivity index (χ3n) is 4.23. The summed E-state index contributed by atoms with van der Waals surface area (Å²) >= 11 is 0. The molecule has 18 heavy (non-hydrogen) atoms. The van der Waals surface area contributed by atoms with Gasteiger partial charge in [0.05, 0.1) is 18.7 Å². The van der Waals surface area contributed by atoms with Crippen LogP contribution in [0.5, 0.6) is 0 Å². The largest absolute Gasteiger partial charge is 0.434 e. The summed E-state index contributed by atoms with van der Waals surface area (Å²) in [6, 6.07) is 0.478. The Bertz CT molecular complexity index is 475. The first-order chi connectivity index (χ1) is 8.69. The smallest absolute Gasteiger partial charge is 0.395 e. The molecule has 2 fully saturated rings. The monoisotopic (exact) mass is 252 g/mol. The highest BCUT2D eigenvalue weighted by Gasteiger charge is 2.65. The van der Waals surface area contributed by atoms with E-state index in [4.69, 9.17) is 5.11 Å². The predicted molar refractivity (Wildman–Crippen MR) is 63.0 cm³/mol. The first-order valence-corrected chi connectivity index (χ1v) is 6.22. The molecule has 3 unspecified atom stereocenters. The van der Waals surface area contributed by atoms with Gasteiger partial charge in [0, 0.05) is 12.6 Å². The number of aliphatic hydroxyl groups is 1. The Morgan fingerprint density at radius 1 is 1.67 bits per heavy atom. The number of imidazole rings is 1. The van der Waals surface area contributed by atoms with Crippen LogP contribution < -0.4 is 0 Å². The second-order valence-electron chi connectivity index (χ2n) is 5.04. The highest BCUT2D eigenvalue weighted by atomic mass is 16.6. The normalized spacial score (nSPS) is 33.4. The van der Waals surface area contributed by atoms with Crippen LogP contribution in [0.15, 0.2) is 12.4 Å². The molecule has 7 heteroatoms. The Morgan fingerprint density at radius 3 is 3.22 bits per heavy atom. The molecule has 1 aliphatic carbocycles. The van der Waals surface area contributed by atoms with Gasteiger partial charge in [0.1, 0.15) is 12.4 Å². The molecule has 1 aromatic rings. The van der Waals surface area contributed by atoms with Crippen molar-refractivity contribution in [2.24, 2.45) is 0 Å². The zero-order valence-corrected chi connectivity index (χ0v) is 10.0. The van der Waals surface area contributed by atoms with Crippen molar-refractivity contribution in [2.45, 2.75) is 37.4 Å². The van der Waals surface area contributed by atoms with Crippen molar-refractivity contribution < 1.29 is 10.0 Å². The lowest BCUT2D eigenvalue weighted by Gasteiger charge is -2.15. The molecule has 1 aromatic heterocycles. The molecule has 2 aliphatic rings. The molecule has 0 radical (unpaired) electrons. The summed E-state index contributed by atoms with van der Waals surface area (Å²) in [5.74, 6) is -0.0918. The van der Waals surface area contributed by atoms with Gasteiger partial charge in [-0.05, 0) is 24.2 Å². The first kappa shape index (κ1) is 11.6. The van der Waals surface area contributed by atoms with E-state index in [9.17, 15) is 10.1 Å². The molecular formula is C11H16N4O3. The van der Waals surface area contributed by atoms with E-state index in [0.717, 1.165) is 19.3 Å². The standard InChI is InChI=1S/C11H16N4O3/c16-7-6-14-9-2-1-3-11(9,14)8-13-5-4-12-10(13)15(17)18/h4-5,9,16H,1-3,6-8H2. The van der Waals surface area contributed by atoms with Crippen LogP contribution in [-0.2, 0) is 6.54 Å². The molecule has 98 valence electrons. The van der Waals surface area contributed by atoms with Gasteiger partial charge in [0.15, 0.2) is 0 Å². The van der Waals surface area contributed by atoms with Gasteiger partial charge < -0.3 is 15.2 Å². The third kappa shape index (κ3) is 1.54. The lowest BCUT2D eigenvalue weighted by molar-refractivity contribution is -0.396. The lowest BCUT2D eigenvalue weighted by Crippen LogP contribution is -2.26. The van der Waals surface area contributed by atoms with Crippen molar-refractivity contribution in [3.05, 3.63) is 22.5 Å². The SMILES string of the molecule is O=[N+]([O-])c1nccn1CC12CCCC1N2CCO. The number of fused-ring (bicyclic) bond motifs is 1. The molecule has 0 aromatic carbocycles. The van der Waals surface area contributed by atoms with E-state index < -0.39 is 4.92 Å². The molecule has 0 amide bonds. The predicted octanol–water partition coefficient (Wildman–Crippen LogP) is 0.390. The quantitative estimate of drug-likeness (QED) is 0.465. The van der Waals surface area contributed by atoms with E-state index in [0.29, 0.717) is 19.1 Å². The Morgan fingerprint density at radius 2 is 2.50 bits per heavy atom. The number of nitro groups is 1. The van der Waals surface area contributed by atoms with E-state index in [1.54, 1.807) is 10.8 Å². The van der Waals surface area contributed by atoms with Crippen LogP contribution in [0.25, 0.3) is 0 Å². The van der Waals surface area contributed by atoms with E-state index in [-0.39, 0.29) is 18.1 Å². The maximum Gasteiger partial charge on any atom is 0.434 e. The van der Waals surface area contributed by atoms with Crippen LogP contribution >= 0.6 is 0 Å². The van der Waals surface area contributed by atoms with Crippen molar-refractivity contribution in [3.8, 4) is 0 Å². The van der Waals surface area contributed by atoms with E-state index in [2.05, 4.69) is 9.88 Å². The van der Waals surface area contributed by atoms with Gasteiger partial charge >= 0.3 is 5.95 Å². The van der Waals surface area contributed by atoms with Gasteiger partial charge in [-0.15, -0.1) is 0 Å². The van der Waals surface area contributed by atoms with Crippen molar-refractivity contribution in [3.63, 3.8) is 0 Å². The second-order valence-corrected chi connectivity index (χ2v) is 5.04. The van der Waals surface area contributed by atoms with Crippen molar-refractivity contribution in [1.29, 1.82) is 0 Å². The van der Waals surface area contributed by atoms with Crippen LogP contribution in [0.4, 0.5) is 5.95 Å². The number of nitrogens with zero attached hydrogens (tertiary/aromatic N) is 4. The summed E-state index contributed by atoms with van der Waals surface area (Å²) in [5, 5.41) is 19.9. The summed E-state index contributed by atoms with van der Waals surface area (Å²) < 4.78 is 1.62. The fourth-order valence-electron chi connectivity index (χ4n) is 3.50. The molecule has 1 saturated heterocycles. The van der Waals surface area contributed by atoms with Gasteiger partial charge in [0.25, 0.3) is 0 Å². The first-order valence-electron chi connectivity index (χ1n) is 6.22. The fourth-order valence-corrected chi connectivity index (χ4v) is 3.50.